The predicted molar refractivity (Wildman–Crippen MR) is 223 cm³/mol. The molecule has 318 valence electrons. The average molecular weight is 807 g/mol. The second kappa shape index (κ2) is 13.2. The Labute approximate surface area is 349 Å². The Morgan fingerprint density at radius 1 is 0.915 bits per heavy atom. The summed E-state index contributed by atoms with van der Waals surface area (Å²) in [5, 5.41) is 72.7. The second-order valence-corrected chi connectivity index (χ2v) is 22.3. The van der Waals surface area contributed by atoms with Crippen LogP contribution < -0.4 is 10.4 Å². The number of carbonyl (C=O) groups is 2. The Bertz CT molecular complexity index is 2190. The molecular weight excluding hydrogens is 741 g/mol. The van der Waals surface area contributed by atoms with Crippen molar-refractivity contribution in [3.05, 3.63) is 45.3 Å². The molecule has 4 bridgehead atoms. The minimum Gasteiger partial charge on any atom is -0.394 e. The van der Waals surface area contributed by atoms with Gasteiger partial charge in [-0.05, 0) is 169 Å². The molecule has 10 aliphatic carbocycles. The maximum absolute atomic E-state index is 16.1. The van der Waals surface area contributed by atoms with E-state index in [0.717, 1.165) is 80.1 Å². The zero-order valence-corrected chi connectivity index (χ0v) is 35.6. The Morgan fingerprint density at radius 3 is 2.37 bits per heavy atom. The maximum Gasteiger partial charge on any atom is 0.159 e. The number of rotatable bonds is 4. The molecule has 10 aliphatic rings. The summed E-state index contributed by atoms with van der Waals surface area (Å²) in [5.41, 5.74) is -1.89. The summed E-state index contributed by atoms with van der Waals surface area (Å²) in [7, 11) is 0. The lowest BCUT2D eigenvalue weighted by atomic mass is 9.29. The van der Waals surface area contributed by atoms with Crippen molar-refractivity contribution >= 4 is 24.2 Å². The monoisotopic (exact) mass is 806 g/mol. The number of allylic oxidation sites excluding steroid dienone is 2. The summed E-state index contributed by atoms with van der Waals surface area (Å²) in [6.07, 6.45) is 14.3. The fourth-order valence-electron chi connectivity index (χ4n) is 18.1. The van der Waals surface area contributed by atoms with Gasteiger partial charge < -0.3 is 30.6 Å². The van der Waals surface area contributed by atoms with Gasteiger partial charge in [0.05, 0.1) is 31.0 Å². The Kier molecular flexibility index (Phi) is 9.04. The van der Waals surface area contributed by atoms with Gasteiger partial charge in [-0.3, -0.25) is 9.59 Å². The summed E-state index contributed by atoms with van der Waals surface area (Å²) in [6, 6.07) is 3.76. The van der Waals surface area contributed by atoms with Gasteiger partial charge in [0.1, 0.15) is 6.10 Å². The van der Waals surface area contributed by atoms with E-state index in [2.05, 4.69) is 37.8 Å². The number of aldehydes is 1. The van der Waals surface area contributed by atoms with Crippen LogP contribution in [-0.2, 0) is 4.79 Å². The molecule has 0 saturated heterocycles. The Hall–Kier alpha value is -2.64. The summed E-state index contributed by atoms with van der Waals surface area (Å²) in [6.45, 7) is 7.87. The molecule has 59 heavy (non-hydrogen) atoms. The zero-order chi connectivity index (χ0) is 41.7. The minimum absolute atomic E-state index is 0.0502. The standard InChI is InChI=1S/C51H66O8/c1-29(54)31-19-32-22-35-30(21-34(32)33(20-31)26-52)10-16-49-17-11-39-47(4,43(59)27-53)40(56)12-18-50(35,39)44(49)38(55)23-36-37-24-45(2)13-6-5-9-41(57)51(37,42(58)25-46(36,49)3)48(28-45)14-7-8-15-48/h19-23,26,29-30,35,37,39-44,53-54,56-59H,6-8,10-18,24-25,27-28H2,1-4H3/t29-,30-,35+,37-,39-,40+,41+,42+,43-,44+,45-,46-,47+,49-,50-,51-/m1/s1. The first-order valence-electron chi connectivity index (χ1n) is 23.1. The molecule has 3 spiro atoms. The molecule has 0 radical (unpaired) electrons. The average Bonchev–Trinajstić information content (AvgIpc) is 3.67. The van der Waals surface area contributed by atoms with Crippen LogP contribution in [0.2, 0.25) is 0 Å². The Morgan fingerprint density at radius 2 is 1.66 bits per heavy atom. The minimum atomic E-state index is -1.20. The number of carbonyl (C=O) groups excluding carboxylic acids is 2. The Balaban J connectivity index is 1.23. The van der Waals surface area contributed by atoms with Crippen LogP contribution in [0.15, 0.2) is 23.8 Å². The first-order valence-corrected chi connectivity index (χ1v) is 23.1. The van der Waals surface area contributed by atoms with Crippen molar-refractivity contribution in [3.8, 4) is 11.8 Å². The summed E-state index contributed by atoms with van der Waals surface area (Å²) < 4.78 is 0. The summed E-state index contributed by atoms with van der Waals surface area (Å²) in [4.78, 5) is 28.8. The summed E-state index contributed by atoms with van der Waals surface area (Å²) >= 11 is 0. The van der Waals surface area contributed by atoms with E-state index in [1.54, 1.807) is 13.0 Å². The lowest BCUT2D eigenvalue weighted by Crippen LogP contribution is -2.74. The number of benzene rings is 1. The molecule has 11 rings (SSSR count). The highest BCUT2D eigenvalue weighted by Gasteiger charge is 2.79. The normalized spacial score (nSPS) is 48.4. The first kappa shape index (κ1) is 40.4. The molecule has 16 atom stereocenters. The topological polar surface area (TPSA) is 156 Å². The molecule has 8 nitrogen and oxygen atoms in total. The fourth-order valence-corrected chi connectivity index (χ4v) is 18.1. The number of hydrogen-bond acceptors (Lipinski definition) is 8. The number of hydrogen-bond donors (Lipinski definition) is 6. The van der Waals surface area contributed by atoms with E-state index >= 15 is 4.79 Å². The molecule has 0 heterocycles. The molecule has 0 aliphatic heterocycles. The van der Waals surface area contributed by atoms with Crippen LogP contribution in [0, 0.1) is 79.3 Å². The van der Waals surface area contributed by atoms with Crippen molar-refractivity contribution in [2.45, 2.75) is 155 Å². The van der Waals surface area contributed by atoms with Crippen LogP contribution in [-0.4, -0.2) is 73.7 Å². The van der Waals surface area contributed by atoms with E-state index in [4.69, 9.17) is 0 Å². The van der Waals surface area contributed by atoms with Gasteiger partial charge >= 0.3 is 0 Å². The van der Waals surface area contributed by atoms with Crippen LogP contribution in [0.1, 0.15) is 146 Å². The van der Waals surface area contributed by atoms with Gasteiger partial charge in [-0.1, -0.05) is 57.3 Å². The molecule has 1 aromatic rings. The van der Waals surface area contributed by atoms with Crippen LogP contribution in [0.5, 0.6) is 0 Å². The van der Waals surface area contributed by atoms with Gasteiger partial charge in [0.15, 0.2) is 12.1 Å². The van der Waals surface area contributed by atoms with E-state index in [0.29, 0.717) is 49.7 Å². The molecule has 6 fully saturated rings. The van der Waals surface area contributed by atoms with E-state index in [-0.39, 0.29) is 40.3 Å². The molecule has 0 amide bonds. The SMILES string of the molecule is C[C@@H](O)c1cc(C=O)c2c(c1)=C[C@H]1[C@@H](C=2)CC[C@@]23CC[C@@H]4[C@](C)([C@H](O)CO)[C@@H](O)CC[C@]41[C@H]2C(=O)C=C1[C@H]2C[C@@]4(C)CCC#C[C@H](O)[C@]2([C@@H](O)C[C@]13C)C1(CCCC1)C4. The third-order valence-corrected chi connectivity index (χ3v) is 20.4. The molecular formula is C51H66O8. The van der Waals surface area contributed by atoms with Gasteiger partial charge in [0.25, 0.3) is 0 Å². The quantitative estimate of drug-likeness (QED) is 0.182. The van der Waals surface area contributed by atoms with Crippen molar-refractivity contribution < 1.29 is 40.2 Å². The van der Waals surface area contributed by atoms with Crippen LogP contribution >= 0.6 is 0 Å². The first-order chi connectivity index (χ1) is 28.0. The van der Waals surface area contributed by atoms with Crippen molar-refractivity contribution in [2.75, 3.05) is 6.61 Å². The number of ketones is 1. The second-order valence-electron chi connectivity index (χ2n) is 22.3. The van der Waals surface area contributed by atoms with Crippen molar-refractivity contribution in [1.29, 1.82) is 0 Å². The molecule has 6 N–H and O–H groups in total. The lowest BCUT2D eigenvalue weighted by Gasteiger charge is -2.75. The summed E-state index contributed by atoms with van der Waals surface area (Å²) in [5.74, 6) is 5.51. The largest absolute Gasteiger partial charge is 0.394 e. The zero-order valence-electron chi connectivity index (χ0n) is 35.6. The third kappa shape index (κ3) is 4.85. The number of fused-ring (bicyclic) bond motifs is 6. The number of aliphatic hydroxyl groups excluding tert-OH is 6. The van der Waals surface area contributed by atoms with Crippen LogP contribution in [0.3, 0.4) is 0 Å². The van der Waals surface area contributed by atoms with Crippen LogP contribution in [0.25, 0.3) is 12.2 Å². The van der Waals surface area contributed by atoms with Gasteiger partial charge in [-0.15, -0.1) is 5.92 Å². The number of aliphatic hydroxyl groups is 6. The predicted octanol–water partition coefficient (Wildman–Crippen LogP) is 5.07. The third-order valence-electron chi connectivity index (χ3n) is 20.4. The molecule has 8 heteroatoms. The highest BCUT2D eigenvalue weighted by molar-refractivity contribution is 5.96. The van der Waals surface area contributed by atoms with Crippen LogP contribution in [0.4, 0.5) is 0 Å². The smallest absolute Gasteiger partial charge is 0.159 e. The molecule has 0 unspecified atom stereocenters. The van der Waals surface area contributed by atoms with Gasteiger partial charge in [-0.2, -0.15) is 0 Å². The van der Waals surface area contributed by atoms with Crippen molar-refractivity contribution in [3.63, 3.8) is 0 Å². The maximum atomic E-state index is 16.1. The van der Waals surface area contributed by atoms with E-state index < -0.39 is 70.1 Å². The van der Waals surface area contributed by atoms with E-state index in [1.165, 1.54) is 0 Å². The lowest BCUT2D eigenvalue weighted by molar-refractivity contribution is -0.266. The molecule has 6 saturated carbocycles. The van der Waals surface area contributed by atoms with Gasteiger partial charge in [-0.25, -0.2) is 0 Å². The van der Waals surface area contributed by atoms with Gasteiger partial charge in [0.2, 0.25) is 0 Å². The highest BCUT2D eigenvalue weighted by atomic mass is 16.3. The van der Waals surface area contributed by atoms with Gasteiger partial charge in [0, 0.05) is 28.7 Å². The highest BCUT2D eigenvalue weighted by Crippen LogP contribution is 2.82. The van der Waals surface area contributed by atoms with Crippen molar-refractivity contribution in [1.82, 2.24) is 0 Å². The molecule has 0 aromatic heterocycles. The van der Waals surface area contributed by atoms with E-state index in [1.807, 2.05) is 19.1 Å². The fraction of sp³-hybridized carbons (Fsp3) is 0.725. The molecule has 1 aromatic carbocycles. The van der Waals surface area contributed by atoms with Crippen molar-refractivity contribution in [2.24, 2.45) is 67.5 Å². The van der Waals surface area contributed by atoms with E-state index in [9.17, 15) is 35.4 Å².